The van der Waals surface area contributed by atoms with Gasteiger partial charge in [0.15, 0.2) is 0 Å². The number of carbonyl (C=O) groups excluding carboxylic acids is 1. The Morgan fingerprint density at radius 1 is 1.25 bits per heavy atom. The molecule has 1 aromatic carbocycles. The van der Waals surface area contributed by atoms with E-state index in [9.17, 15) is 9.59 Å². The largest absolute Gasteiger partial charge is 0.481 e. The van der Waals surface area contributed by atoms with Gasteiger partial charge in [0.1, 0.15) is 0 Å². The van der Waals surface area contributed by atoms with Gasteiger partial charge in [0.25, 0.3) is 5.91 Å². The number of benzene rings is 1. The summed E-state index contributed by atoms with van der Waals surface area (Å²) in [6, 6.07) is 6.83. The average Bonchev–Trinajstić information content (AvgIpc) is 2.33. The summed E-state index contributed by atoms with van der Waals surface area (Å²) in [5.41, 5.74) is 1.37. The lowest BCUT2D eigenvalue weighted by molar-refractivity contribution is -0.136. The highest BCUT2D eigenvalue weighted by Crippen LogP contribution is 2.19. The number of carboxylic acid groups (broad SMARTS) is 1. The fourth-order valence-electron chi connectivity index (χ4n) is 1.81. The van der Waals surface area contributed by atoms with Crippen LogP contribution in [-0.4, -0.2) is 35.5 Å². The summed E-state index contributed by atoms with van der Waals surface area (Å²) in [6.45, 7) is 7.10. The number of amides is 1. The summed E-state index contributed by atoms with van der Waals surface area (Å²) in [5.74, 6) is -0.961. The summed E-state index contributed by atoms with van der Waals surface area (Å²) in [4.78, 5) is 24.7. The molecule has 0 atom stereocenters. The Morgan fingerprint density at radius 3 is 2.45 bits per heavy atom. The van der Waals surface area contributed by atoms with Crippen molar-refractivity contribution in [2.24, 2.45) is 5.41 Å². The van der Waals surface area contributed by atoms with Gasteiger partial charge < -0.3 is 10.0 Å². The van der Waals surface area contributed by atoms with E-state index in [-0.39, 0.29) is 17.7 Å². The smallest absolute Gasteiger partial charge is 0.307 e. The lowest BCUT2D eigenvalue weighted by Crippen LogP contribution is -2.30. The Bertz CT molecular complexity index is 489. The molecule has 0 saturated heterocycles. The average molecular weight is 277 g/mol. The maximum absolute atomic E-state index is 12.3. The maximum atomic E-state index is 12.3. The van der Waals surface area contributed by atoms with E-state index < -0.39 is 5.97 Å². The van der Waals surface area contributed by atoms with Gasteiger partial charge in [0.05, 0.1) is 6.42 Å². The molecule has 0 aliphatic heterocycles. The van der Waals surface area contributed by atoms with Crippen LogP contribution in [0.15, 0.2) is 24.3 Å². The molecule has 0 radical (unpaired) electrons. The molecular weight excluding hydrogens is 254 g/mol. The molecule has 1 amide bonds. The van der Waals surface area contributed by atoms with E-state index in [0.29, 0.717) is 17.7 Å². The third-order valence-electron chi connectivity index (χ3n) is 3.07. The fraction of sp³-hybridized carbons (Fsp3) is 0.500. The van der Waals surface area contributed by atoms with Crippen molar-refractivity contribution in [1.29, 1.82) is 0 Å². The second-order valence-electron chi connectivity index (χ2n) is 6.31. The van der Waals surface area contributed by atoms with E-state index in [1.807, 2.05) is 0 Å². The molecule has 0 bridgehead atoms. The molecule has 0 aliphatic carbocycles. The van der Waals surface area contributed by atoms with Gasteiger partial charge in [-0.25, -0.2) is 0 Å². The molecular formula is C16H23NO3. The van der Waals surface area contributed by atoms with E-state index in [2.05, 4.69) is 20.8 Å². The molecule has 4 heteroatoms. The monoisotopic (exact) mass is 277 g/mol. The van der Waals surface area contributed by atoms with E-state index in [1.54, 1.807) is 36.2 Å². The molecule has 1 N–H and O–H groups in total. The highest BCUT2D eigenvalue weighted by Gasteiger charge is 2.16. The van der Waals surface area contributed by atoms with Crippen LogP contribution in [0.2, 0.25) is 0 Å². The normalized spacial score (nSPS) is 11.2. The Hall–Kier alpha value is -1.84. The van der Waals surface area contributed by atoms with Crippen LogP contribution < -0.4 is 0 Å². The van der Waals surface area contributed by atoms with Crippen LogP contribution in [0.4, 0.5) is 0 Å². The van der Waals surface area contributed by atoms with Gasteiger partial charge in [-0.05, 0) is 29.5 Å². The van der Waals surface area contributed by atoms with Gasteiger partial charge in [-0.15, -0.1) is 0 Å². The zero-order chi connectivity index (χ0) is 15.3. The van der Waals surface area contributed by atoms with Crippen LogP contribution in [-0.2, 0) is 11.2 Å². The zero-order valence-electron chi connectivity index (χ0n) is 12.6. The molecule has 20 heavy (non-hydrogen) atoms. The first kappa shape index (κ1) is 16.2. The fourth-order valence-corrected chi connectivity index (χ4v) is 1.81. The summed E-state index contributed by atoms with van der Waals surface area (Å²) in [6.07, 6.45) is 0.858. The van der Waals surface area contributed by atoms with Crippen LogP contribution in [0.25, 0.3) is 0 Å². The SMILES string of the molecule is CN(CCC(C)(C)C)C(=O)c1cccc(CC(=O)O)c1. The molecule has 1 aromatic rings. The maximum Gasteiger partial charge on any atom is 0.307 e. The van der Waals surface area contributed by atoms with Crippen molar-refractivity contribution in [1.82, 2.24) is 4.90 Å². The van der Waals surface area contributed by atoms with Gasteiger partial charge >= 0.3 is 5.97 Å². The van der Waals surface area contributed by atoms with Crippen molar-refractivity contribution in [3.05, 3.63) is 35.4 Å². The minimum atomic E-state index is -0.893. The number of carbonyl (C=O) groups is 2. The molecule has 0 heterocycles. The summed E-state index contributed by atoms with van der Waals surface area (Å²) < 4.78 is 0. The van der Waals surface area contributed by atoms with E-state index in [0.717, 1.165) is 6.42 Å². The molecule has 1 rings (SSSR count). The first-order valence-electron chi connectivity index (χ1n) is 6.75. The predicted molar refractivity (Wildman–Crippen MR) is 78.8 cm³/mol. The van der Waals surface area contributed by atoms with Crippen LogP contribution in [0.3, 0.4) is 0 Å². The molecule has 0 unspecified atom stereocenters. The van der Waals surface area contributed by atoms with E-state index in [4.69, 9.17) is 5.11 Å². The second kappa shape index (κ2) is 6.55. The Balaban J connectivity index is 2.73. The molecule has 4 nitrogen and oxygen atoms in total. The minimum absolute atomic E-state index is 0.0627. The number of hydrogen-bond acceptors (Lipinski definition) is 2. The minimum Gasteiger partial charge on any atom is -0.481 e. The van der Waals surface area contributed by atoms with Gasteiger partial charge in [-0.1, -0.05) is 32.9 Å². The van der Waals surface area contributed by atoms with Gasteiger partial charge in [-0.3, -0.25) is 9.59 Å². The van der Waals surface area contributed by atoms with Crippen molar-refractivity contribution in [3.63, 3.8) is 0 Å². The summed E-state index contributed by atoms with van der Waals surface area (Å²) in [5, 5.41) is 8.78. The Morgan fingerprint density at radius 2 is 1.90 bits per heavy atom. The molecule has 0 spiro atoms. The van der Waals surface area contributed by atoms with Crippen molar-refractivity contribution in [3.8, 4) is 0 Å². The van der Waals surface area contributed by atoms with Crippen molar-refractivity contribution < 1.29 is 14.7 Å². The Kier molecular flexibility index (Phi) is 5.31. The predicted octanol–water partition coefficient (Wildman–Crippen LogP) is 2.82. The highest BCUT2D eigenvalue weighted by atomic mass is 16.4. The van der Waals surface area contributed by atoms with E-state index >= 15 is 0 Å². The number of nitrogens with zero attached hydrogens (tertiary/aromatic N) is 1. The molecule has 0 saturated carbocycles. The highest BCUT2D eigenvalue weighted by molar-refractivity contribution is 5.94. The molecule has 0 fully saturated rings. The summed E-state index contributed by atoms with van der Waals surface area (Å²) >= 11 is 0. The first-order valence-corrected chi connectivity index (χ1v) is 6.75. The molecule has 110 valence electrons. The number of aliphatic carboxylic acids is 1. The molecule has 0 aromatic heterocycles. The lowest BCUT2D eigenvalue weighted by atomic mass is 9.92. The number of rotatable bonds is 5. The zero-order valence-corrected chi connectivity index (χ0v) is 12.6. The number of hydrogen-bond donors (Lipinski definition) is 1. The first-order chi connectivity index (χ1) is 9.19. The topological polar surface area (TPSA) is 57.6 Å². The third-order valence-corrected chi connectivity index (χ3v) is 3.07. The lowest BCUT2D eigenvalue weighted by Gasteiger charge is -2.23. The van der Waals surface area contributed by atoms with Gasteiger partial charge in [0.2, 0.25) is 0 Å². The van der Waals surface area contributed by atoms with E-state index in [1.165, 1.54) is 0 Å². The van der Waals surface area contributed by atoms with Gasteiger partial charge in [-0.2, -0.15) is 0 Å². The summed E-state index contributed by atoms with van der Waals surface area (Å²) in [7, 11) is 1.78. The second-order valence-corrected chi connectivity index (χ2v) is 6.31. The quantitative estimate of drug-likeness (QED) is 0.900. The van der Waals surface area contributed by atoms with Crippen molar-refractivity contribution in [2.75, 3.05) is 13.6 Å². The van der Waals surface area contributed by atoms with Crippen LogP contribution >= 0.6 is 0 Å². The third kappa shape index (κ3) is 5.43. The molecule has 0 aliphatic rings. The van der Waals surface area contributed by atoms with Crippen LogP contribution in [0, 0.1) is 5.41 Å². The Labute approximate surface area is 120 Å². The van der Waals surface area contributed by atoms with Crippen molar-refractivity contribution >= 4 is 11.9 Å². The van der Waals surface area contributed by atoms with Crippen LogP contribution in [0.1, 0.15) is 43.1 Å². The standard InChI is InChI=1S/C16H23NO3/c1-16(2,3)8-9-17(4)15(20)13-7-5-6-12(10-13)11-14(18)19/h5-7,10H,8-9,11H2,1-4H3,(H,18,19). The number of carboxylic acids is 1. The van der Waals surface area contributed by atoms with Gasteiger partial charge in [0, 0.05) is 19.2 Å². The van der Waals surface area contributed by atoms with Crippen molar-refractivity contribution in [2.45, 2.75) is 33.6 Å². The van der Waals surface area contributed by atoms with Crippen LogP contribution in [0.5, 0.6) is 0 Å².